The van der Waals surface area contributed by atoms with Crippen molar-refractivity contribution in [1.82, 2.24) is 24.8 Å². The van der Waals surface area contributed by atoms with Gasteiger partial charge in [-0.05, 0) is 86.0 Å². The van der Waals surface area contributed by atoms with Crippen molar-refractivity contribution in [3.05, 3.63) is 30.5 Å². The fraction of sp³-hybridized carbons (Fsp3) is 0.727. The summed E-state index contributed by atoms with van der Waals surface area (Å²) in [5.74, 6) is -4.63. The second-order valence-electron chi connectivity index (χ2n) is 17.9. The number of esters is 1. The summed E-state index contributed by atoms with van der Waals surface area (Å²) in [4.78, 5) is 60.8. The lowest BCUT2D eigenvalue weighted by Crippen LogP contribution is -2.59. The molecule has 2 aromatic rings. The number of rotatable bonds is 11. The number of hydrogen-bond donors (Lipinski definition) is 1. The Hall–Kier alpha value is -3.92. The van der Waals surface area contributed by atoms with Crippen LogP contribution < -0.4 is 5.73 Å². The quantitative estimate of drug-likeness (QED) is 0.125. The van der Waals surface area contributed by atoms with Crippen LogP contribution in [0.3, 0.4) is 0 Å². The van der Waals surface area contributed by atoms with E-state index in [1.165, 1.54) is 0 Å². The number of carbonyl (C=O) groups is 4. The van der Waals surface area contributed by atoms with Crippen LogP contribution in [0.4, 0.5) is 10.5 Å². The van der Waals surface area contributed by atoms with E-state index >= 15 is 0 Å². The van der Waals surface area contributed by atoms with Gasteiger partial charge in [-0.3, -0.25) is 19.1 Å². The molecule has 328 valence electrons. The Balaban J connectivity index is 1.43. The third-order valence-electron chi connectivity index (χ3n) is 13.3. The van der Waals surface area contributed by atoms with Gasteiger partial charge in [0.15, 0.2) is 17.7 Å². The SMILES string of the molecule is CC[C@H]1OC(=O)[C@H](C)C(=O)[C@H](C)[C@@H](O[C@@H]2O[C@H](C)C[C@H](N(C)C)[C@H]2C)[C@@](C)(OC)C[C@@H](C)C(=O)[C@H](C)[C@@H]2N(CCCCn3cc(-c4cccc(N)c4)nn3)C(=O)O[C@@]21C. The zero-order chi connectivity index (χ0) is 43.6. The van der Waals surface area contributed by atoms with Crippen molar-refractivity contribution < 1.29 is 42.9 Å². The molecule has 1 aromatic carbocycles. The highest BCUT2D eigenvalue weighted by Crippen LogP contribution is 2.43. The van der Waals surface area contributed by atoms with E-state index in [-0.39, 0.29) is 49.0 Å². The lowest BCUT2D eigenvalue weighted by Gasteiger charge is -2.47. The maximum Gasteiger partial charge on any atom is 0.410 e. The van der Waals surface area contributed by atoms with Crippen LogP contribution in [0.15, 0.2) is 30.5 Å². The summed E-state index contributed by atoms with van der Waals surface area (Å²) >= 11 is 0. The number of anilines is 1. The summed E-state index contributed by atoms with van der Waals surface area (Å²) in [6.45, 7) is 17.3. The van der Waals surface area contributed by atoms with Crippen LogP contribution in [0.2, 0.25) is 0 Å². The van der Waals surface area contributed by atoms with Crippen LogP contribution in [0.5, 0.6) is 0 Å². The molecule has 4 heterocycles. The molecule has 13 atom stereocenters. The first kappa shape index (κ1) is 46.2. The summed E-state index contributed by atoms with van der Waals surface area (Å²) in [5, 5.41) is 8.58. The molecule has 0 spiro atoms. The fourth-order valence-electron chi connectivity index (χ4n) is 9.83. The minimum atomic E-state index is -1.39. The number of aromatic nitrogens is 3. The first-order chi connectivity index (χ1) is 27.8. The predicted molar refractivity (Wildman–Crippen MR) is 222 cm³/mol. The van der Waals surface area contributed by atoms with E-state index in [0.717, 1.165) is 12.0 Å². The Morgan fingerprint density at radius 1 is 0.983 bits per heavy atom. The fourth-order valence-corrected chi connectivity index (χ4v) is 9.83. The highest BCUT2D eigenvalue weighted by molar-refractivity contribution is 6.00. The van der Waals surface area contributed by atoms with E-state index in [4.69, 9.17) is 29.4 Å². The number of hydrogen-bond acceptors (Lipinski definition) is 13. The number of nitrogens with zero attached hydrogens (tertiary/aromatic N) is 5. The summed E-state index contributed by atoms with van der Waals surface area (Å²) in [6, 6.07) is 6.82. The third-order valence-corrected chi connectivity index (χ3v) is 13.3. The molecule has 1 aromatic heterocycles. The van der Waals surface area contributed by atoms with Crippen LogP contribution in [0.1, 0.15) is 94.4 Å². The Bertz CT molecular complexity index is 1800. The number of nitrogens with two attached hydrogens (primary N) is 1. The van der Waals surface area contributed by atoms with Gasteiger partial charge in [-0.1, -0.05) is 52.0 Å². The summed E-state index contributed by atoms with van der Waals surface area (Å²) in [5.41, 5.74) is 5.61. The van der Waals surface area contributed by atoms with Gasteiger partial charge in [0.05, 0.1) is 30.0 Å². The number of unbranched alkanes of at least 4 members (excludes halogenated alkanes) is 1. The number of nitrogen functional groups attached to an aromatic ring is 1. The lowest BCUT2D eigenvalue weighted by molar-refractivity contribution is -0.280. The van der Waals surface area contributed by atoms with Gasteiger partial charge in [0.25, 0.3) is 0 Å². The first-order valence-corrected chi connectivity index (χ1v) is 21.3. The first-order valence-electron chi connectivity index (χ1n) is 21.3. The van der Waals surface area contributed by atoms with E-state index < -0.39 is 71.5 Å². The number of ketones is 2. The second-order valence-corrected chi connectivity index (χ2v) is 17.9. The smallest absolute Gasteiger partial charge is 0.410 e. The molecule has 0 saturated carbocycles. The van der Waals surface area contributed by atoms with Crippen LogP contribution in [-0.2, 0) is 44.6 Å². The van der Waals surface area contributed by atoms with Gasteiger partial charge in [0.1, 0.15) is 23.5 Å². The molecule has 1 amide bonds. The average molecular weight is 825 g/mol. The van der Waals surface area contributed by atoms with Gasteiger partial charge in [-0.15, -0.1) is 5.10 Å². The van der Waals surface area contributed by atoms with E-state index in [1.807, 2.05) is 79.2 Å². The summed E-state index contributed by atoms with van der Waals surface area (Å²) in [7, 11) is 5.61. The van der Waals surface area contributed by atoms with Crippen LogP contribution >= 0.6 is 0 Å². The highest BCUT2D eigenvalue weighted by Gasteiger charge is 2.60. The molecule has 59 heavy (non-hydrogen) atoms. The van der Waals surface area contributed by atoms with Gasteiger partial charge in [-0.25, -0.2) is 4.79 Å². The Morgan fingerprint density at radius 2 is 1.68 bits per heavy atom. The van der Waals surface area contributed by atoms with Gasteiger partial charge in [-0.2, -0.15) is 0 Å². The summed E-state index contributed by atoms with van der Waals surface area (Å²) < 4.78 is 33.6. The van der Waals surface area contributed by atoms with Crippen LogP contribution in [-0.4, -0.2) is 124 Å². The van der Waals surface area contributed by atoms with Crippen molar-refractivity contribution in [2.75, 3.05) is 33.5 Å². The molecule has 15 heteroatoms. The van der Waals surface area contributed by atoms with Crippen molar-refractivity contribution in [2.45, 2.75) is 149 Å². The number of aryl methyl sites for hydroxylation is 1. The maximum atomic E-state index is 14.8. The molecule has 3 fully saturated rings. The zero-order valence-electron chi connectivity index (χ0n) is 37.2. The lowest BCUT2D eigenvalue weighted by atomic mass is 9.73. The van der Waals surface area contributed by atoms with E-state index in [1.54, 1.807) is 37.5 Å². The minimum Gasteiger partial charge on any atom is -0.458 e. The molecular weight excluding hydrogens is 757 g/mol. The molecule has 0 aliphatic carbocycles. The number of amides is 1. The zero-order valence-corrected chi connectivity index (χ0v) is 37.2. The second kappa shape index (κ2) is 18.8. The third kappa shape index (κ3) is 9.68. The molecule has 0 bridgehead atoms. The number of methoxy groups -OCH3 is 1. The Kier molecular flexibility index (Phi) is 14.7. The topological polar surface area (TPSA) is 178 Å². The highest BCUT2D eigenvalue weighted by atomic mass is 16.7. The van der Waals surface area contributed by atoms with E-state index in [0.29, 0.717) is 30.8 Å². The van der Waals surface area contributed by atoms with Crippen molar-refractivity contribution in [3.8, 4) is 11.3 Å². The average Bonchev–Trinajstić information content (AvgIpc) is 3.77. The van der Waals surface area contributed by atoms with Gasteiger partial charge in [0.2, 0.25) is 0 Å². The minimum absolute atomic E-state index is 0.0594. The standard InChI is InChI=1S/C44H68N6O9/c1-13-35-44(9)38(50(42(54)59-44)20-15-14-19-49-24-33(46-47-49)31-17-16-18-32(45)22-31)28(5)36(51)25(2)23-43(8,55-12)39(29(6)37(52)30(7)40(53)57-35)58-41-27(4)34(48(10)11)21-26(3)56-41/h16-18,22,24-30,34-35,38-39,41H,13-15,19-21,23,45H2,1-12H3/t25-,26-,27-,28+,29+,30-,34+,35-,38+,39-,41+,43+,44-/m1/s1. The van der Waals surface area contributed by atoms with E-state index in [9.17, 15) is 19.2 Å². The molecule has 3 saturated heterocycles. The number of cyclic esters (lactones) is 1. The number of benzene rings is 1. The molecule has 3 aliphatic rings. The monoisotopic (exact) mass is 825 g/mol. The van der Waals surface area contributed by atoms with Gasteiger partial charge in [0, 0.05) is 61.2 Å². The molecule has 3 aliphatic heterocycles. The molecule has 15 nitrogen and oxygen atoms in total. The van der Waals surface area contributed by atoms with Crippen molar-refractivity contribution in [2.24, 2.45) is 29.6 Å². The van der Waals surface area contributed by atoms with Gasteiger partial charge < -0.3 is 39.2 Å². The number of Topliss-reactive ketones (excluding diaryl/α,β-unsaturated/α-hetero) is 2. The largest absolute Gasteiger partial charge is 0.458 e. The Morgan fingerprint density at radius 3 is 2.32 bits per heavy atom. The molecule has 2 N–H and O–H groups in total. The molecular formula is C44H68N6O9. The number of ether oxygens (including phenoxy) is 5. The number of carbonyl (C=O) groups excluding carboxylic acids is 4. The van der Waals surface area contributed by atoms with Crippen molar-refractivity contribution in [3.63, 3.8) is 0 Å². The van der Waals surface area contributed by atoms with E-state index in [2.05, 4.69) is 22.1 Å². The summed E-state index contributed by atoms with van der Waals surface area (Å²) in [6.07, 6.45) is 1.18. The Labute approximate surface area is 349 Å². The van der Waals surface area contributed by atoms with Gasteiger partial charge >= 0.3 is 12.1 Å². The number of fused-ring (bicyclic) bond motifs is 1. The normalized spacial score (nSPS) is 36.3. The van der Waals surface area contributed by atoms with Crippen LogP contribution in [0, 0.1) is 29.6 Å². The van der Waals surface area contributed by atoms with Crippen molar-refractivity contribution in [1.29, 1.82) is 0 Å². The molecule has 5 rings (SSSR count). The molecule has 0 unspecified atom stereocenters. The van der Waals surface area contributed by atoms with Crippen LogP contribution in [0.25, 0.3) is 11.3 Å². The van der Waals surface area contributed by atoms with Crippen molar-refractivity contribution >= 4 is 29.3 Å². The maximum absolute atomic E-state index is 14.8. The predicted octanol–water partition coefficient (Wildman–Crippen LogP) is 5.79. The molecule has 0 radical (unpaired) electrons.